The van der Waals surface area contributed by atoms with Crippen molar-refractivity contribution >= 4 is 0 Å². The Morgan fingerprint density at radius 1 is 1.46 bits per heavy atom. The molecule has 0 radical (unpaired) electrons. The smallest absolute Gasteiger partial charge is 0.0772 e. The molecule has 2 N–H and O–H groups in total. The van der Waals surface area contributed by atoms with E-state index in [4.69, 9.17) is 15.2 Å². The van der Waals surface area contributed by atoms with Gasteiger partial charge in [-0.05, 0) is 25.2 Å². The zero-order valence-electron chi connectivity index (χ0n) is 8.66. The summed E-state index contributed by atoms with van der Waals surface area (Å²) in [6, 6.07) is 0.0454. The van der Waals surface area contributed by atoms with E-state index in [9.17, 15) is 0 Å². The lowest BCUT2D eigenvalue weighted by molar-refractivity contribution is 0.0224. The van der Waals surface area contributed by atoms with Gasteiger partial charge in [-0.25, -0.2) is 0 Å². The third-order valence-electron chi connectivity index (χ3n) is 2.44. The molecular weight excluding hydrogens is 166 g/mol. The van der Waals surface area contributed by atoms with Gasteiger partial charge in [0, 0.05) is 13.7 Å². The third-order valence-corrected chi connectivity index (χ3v) is 2.44. The zero-order chi connectivity index (χ0) is 9.68. The molecular formula is C10H21NO2. The van der Waals surface area contributed by atoms with E-state index in [-0.39, 0.29) is 12.1 Å². The van der Waals surface area contributed by atoms with Crippen molar-refractivity contribution in [3.63, 3.8) is 0 Å². The van der Waals surface area contributed by atoms with Gasteiger partial charge in [0.2, 0.25) is 0 Å². The van der Waals surface area contributed by atoms with Crippen molar-refractivity contribution in [1.29, 1.82) is 0 Å². The summed E-state index contributed by atoms with van der Waals surface area (Å²) in [6.45, 7) is 3.53. The summed E-state index contributed by atoms with van der Waals surface area (Å²) >= 11 is 0. The predicted octanol–water partition coefficient (Wildman–Crippen LogP) is 1.17. The van der Waals surface area contributed by atoms with Crippen LogP contribution in [0.3, 0.4) is 0 Å². The number of nitrogens with two attached hydrogens (primary N) is 1. The molecule has 1 saturated carbocycles. The summed E-state index contributed by atoms with van der Waals surface area (Å²) in [5.41, 5.74) is 5.96. The van der Waals surface area contributed by atoms with Crippen LogP contribution in [0, 0.1) is 5.92 Å². The van der Waals surface area contributed by atoms with E-state index in [0.29, 0.717) is 12.5 Å². The molecule has 2 atom stereocenters. The molecule has 0 heterocycles. The Kier molecular flexibility index (Phi) is 4.70. The summed E-state index contributed by atoms with van der Waals surface area (Å²) in [5, 5.41) is 0. The van der Waals surface area contributed by atoms with Crippen LogP contribution in [0.1, 0.15) is 26.2 Å². The molecule has 1 rings (SSSR count). The maximum atomic E-state index is 5.96. The average molecular weight is 187 g/mol. The lowest BCUT2D eigenvalue weighted by Crippen LogP contribution is -2.41. The predicted molar refractivity (Wildman–Crippen MR) is 52.6 cm³/mol. The van der Waals surface area contributed by atoms with Crippen molar-refractivity contribution in [2.45, 2.75) is 38.3 Å². The monoisotopic (exact) mass is 187 g/mol. The molecule has 78 valence electrons. The first-order chi connectivity index (χ1) is 6.29. The second-order valence-electron chi connectivity index (χ2n) is 3.78. The summed E-state index contributed by atoms with van der Waals surface area (Å²) < 4.78 is 10.8. The highest BCUT2D eigenvalue weighted by Gasteiger charge is 2.35. The average Bonchev–Trinajstić information content (AvgIpc) is 2.90. The van der Waals surface area contributed by atoms with Gasteiger partial charge >= 0.3 is 0 Å². The van der Waals surface area contributed by atoms with Crippen LogP contribution < -0.4 is 5.73 Å². The van der Waals surface area contributed by atoms with Gasteiger partial charge in [0.25, 0.3) is 0 Å². The minimum absolute atomic E-state index is 0.0454. The summed E-state index contributed by atoms with van der Waals surface area (Å²) in [6.07, 6.45) is 3.78. The van der Waals surface area contributed by atoms with Crippen LogP contribution in [-0.4, -0.2) is 32.5 Å². The largest absolute Gasteiger partial charge is 0.380 e. The Labute approximate surface area is 80.6 Å². The van der Waals surface area contributed by atoms with Crippen molar-refractivity contribution in [2.75, 3.05) is 20.3 Å². The maximum absolute atomic E-state index is 5.96. The van der Waals surface area contributed by atoms with Crippen LogP contribution >= 0.6 is 0 Å². The van der Waals surface area contributed by atoms with Gasteiger partial charge in [-0.3, -0.25) is 0 Å². The summed E-state index contributed by atoms with van der Waals surface area (Å²) in [5.74, 6) is 0.685. The molecule has 0 amide bonds. The highest BCUT2D eigenvalue weighted by Crippen LogP contribution is 2.35. The maximum Gasteiger partial charge on any atom is 0.0772 e. The van der Waals surface area contributed by atoms with E-state index < -0.39 is 0 Å². The highest BCUT2D eigenvalue weighted by atomic mass is 16.5. The van der Waals surface area contributed by atoms with Gasteiger partial charge in [-0.1, -0.05) is 6.92 Å². The van der Waals surface area contributed by atoms with Crippen molar-refractivity contribution < 1.29 is 9.47 Å². The van der Waals surface area contributed by atoms with Crippen molar-refractivity contribution in [2.24, 2.45) is 11.7 Å². The first kappa shape index (κ1) is 11.0. The Bertz CT molecular complexity index is 137. The van der Waals surface area contributed by atoms with Gasteiger partial charge in [-0.2, -0.15) is 0 Å². The molecule has 0 aliphatic heterocycles. The molecule has 1 aliphatic carbocycles. The fourth-order valence-electron chi connectivity index (χ4n) is 1.60. The lowest BCUT2D eigenvalue weighted by Gasteiger charge is -2.22. The number of methoxy groups -OCH3 is 1. The molecule has 13 heavy (non-hydrogen) atoms. The fraction of sp³-hybridized carbons (Fsp3) is 1.00. The Morgan fingerprint density at radius 2 is 2.15 bits per heavy atom. The third kappa shape index (κ3) is 3.63. The van der Waals surface area contributed by atoms with Gasteiger partial charge in [0.05, 0.1) is 18.8 Å². The Hall–Kier alpha value is -0.120. The molecule has 2 unspecified atom stereocenters. The molecule has 0 aromatic rings. The van der Waals surface area contributed by atoms with Crippen LogP contribution in [0.5, 0.6) is 0 Å². The first-order valence-electron chi connectivity index (χ1n) is 5.15. The minimum Gasteiger partial charge on any atom is -0.380 e. The Morgan fingerprint density at radius 3 is 2.62 bits per heavy atom. The molecule has 0 spiro atoms. The van der Waals surface area contributed by atoms with Crippen LogP contribution in [0.15, 0.2) is 0 Å². The molecule has 3 nitrogen and oxygen atoms in total. The van der Waals surface area contributed by atoms with Crippen molar-refractivity contribution in [3.8, 4) is 0 Å². The molecule has 3 heteroatoms. The molecule has 0 saturated heterocycles. The fourth-order valence-corrected chi connectivity index (χ4v) is 1.60. The molecule has 0 bridgehead atoms. The summed E-state index contributed by atoms with van der Waals surface area (Å²) in [7, 11) is 1.74. The van der Waals surface area contributed by atoms with E-state index in [2.05, 4.69) is 6.92 Å². The quantitative estimate of drug-likeness (QED) is 0.608. The van der Waals surface area contributed by atoms with E-state index in [1.54, 1.807) is 7.11 Å². The molecule has 0 aromatic heterocycles. The van der Waals surface area contributed by atoms with E-state index in [0.717, 1.165) is 13.0 Å². The van der Waals surface area contributed by atoms with Crippen molar-refractivity contribution in [1.82, 2.24) is 0 Å². The Balaban J connectivity index is 2.15. The van der Waals surface area contributed by atoms with Crippen LogP contribution in [0.25, 0.3) is 0 Å². The second-order valence-corrected chi connectivity index (χ2v) is 3.78. The second kappa shape index (κ2) is 5.58. The normalized spacial score (nSPS) is 21.5. The number of ether oxygens (including phenoxy) is 2. The van der Waals surface area contributed by atoms with E-state index in [1.165, 1.54) is 12.8 Å². The van der Waals surface area contributed by atoms with Crippen LogP contribution in [0.2, 0.25) is 0 Å². The SMILES string of the molecule is CCCOCC(N)C(OC)C1CC1. The van der Waals surface area contributed by atoms with Gasteiger partial charge < -0.3 is 15.2 Å². The standard InChI is InChI=1S/C10H21NO2/c1-3-6-13-7-9(11)10(12-2)8-4-5-8/h8-10H,3-7,11H2,1-2H3. The van der Waals surface area contributed by atoms with E-state index >= 15 is 0 Å². The number of hydrogen-bond donors (Lipinski definition) is 1. The van der Waals surface area contributed by atoms with Crippen LogP contribution in [0.4, 0.5) is 0 Å². The van der Waals surface area contributed by atoms with Gasteiger partial charge in [-0.15, -0.1) is 0 Å². The summed E-state index contributed by atoms with van der Waals surface area (Å²) in [4.78, 5) is 0. The topological polar surface area (TPSA) is 44.5 Å². The van der Waals surface area contributed by atoms with Gasteiger partial charge in [0.1, 0.15) is 0 Å². The molecule has 1 fully saturated rings. The van der Waals surface area contributed by atoms with Gasteiger partial charge in [0.15, 0.2) is 0 Å². The van der Waals surface area contributed by atoms with E-state index in [1.807, 2.05) is 0 Å². The molecule has 0 aromatic carbocycles. The molecule has 1 aliphatic rings. The highest BCUT2D eigenvalue weighted by molar-refractivity contribution is 4.88. The minimum atomic E-state index is 0.0454. The first-order valence-corrected chi connectivity index (χ1v) is 5.15. The lowest BCUT2D eigenvalue weighted by atomic mass is 10.1. The van der Waals surface area contributed by atoms with Crippen LogP contribution in [-0.2, 0) is 9.47 Å². The number of hydrogen-bond acceptors (Lipinski definition) is 3. The zero-order valence-corrected chi connectivity index (χ0v) is 8.66. The van der Waals surface area contributed by atoms with Crippen molar-refractivity contribution in [3.05, 3.63) is 0 Å². The number of rotatable bonds is 7.